The van der Waals surface area contributed by atoms with E-state index >= 15 is 0 Å². The Morgan fingerprint density at radius 2 is 0.778 bits per heavy atom. The molecule has 0 fully saturated rings. The van der Waals surface area contributed by atoms with Crippen molar-refractivity contribution in [1.82, 2.24) is 9.80 Å². The van der Waals surface area contributed by atoms with Gasteiger partial charge in [-0.1, -0.05) is 110 Å². The standard InChI is InChI=1S/C25H50N2/c1-4-6-8-9-10-11-12-13-14-15-16-17-18-20-22-27-24-23-26(25(27)3)21-19-7-5-2/h23-25H,4-22H2,1-3H3. The Labute approximate surface area is 171 Å². The van der Waals surface area contributed by atoms with Crippen LogP contribution in [0.1, 0.15) is 130 Å². The summed E-state index contributed by atoms with van der Waals surface area (Å²) >= 11 is 0. The minimum absolute atomic E-state index is 0.573. The summed E-state index contributed by atoms with van der Waals surface area (Å²) in [5, 5.41) is 0. The van der Waals surface area contributed by atoms with Gasteiger partial charge in [-0.3, -0.25) is 0 Å². The minimum Gasteiger partial charge on any atom is -0.356 e. The molecule has 1 heterocycles. The van der Waals surface area contributed by atoms with Crippen LogP contribution in [-0.2, 0) is 0 Å². The van der Waals surface area contributed by atoms with Gasteiger partial charge < -0.3 is 9.80 Å². The second-order valence-electron chi connectivity index (χ2n) is 8.71. The molecule has 0 amide bonds. The molecule has 0 aliphatic carbocycles. The third kappa shape index (κ3) is 12.4. The third-order valence-electron chi connectivity index (χ3n) is 6.20. The van der Waals surface area contributed by atoms with Crippen LogP contribution in [0, 0.1) is 0 Å². The van der Waals surface area contributed by atoms with Crippen LogP contribution in [0.4, 0.5) is 0 Å². The molecular formula is C25H50N2. The molecule has 1 aliphatic heterocycles. The SMILES string of the molecule is CCCCCCCCCCCCCCCCN1C=CN(CCCCC)C1C. The first-order chi connectivity index (χ1) is 13.3. The van der Waals surface area contributed by atoms with Crippen molar-refractivity contribution < 1.29 is 0 Å². The van der Waals surface area contributed by atoms with Crippen molar-refractivity contribution >= 4 is 0 Å². The number of hydrogen-bond acceptors (Lipinski definition) is 2. The molecule has 2 nitrogen and oxygen atoms in total. The Morgan fingerprint density at radius 3 is 1.19 bits per heavy atom. The van der Waals surface area contributed by atoms with Crippen molar-refractivity contribution in [2.45, 2.75) is 136 Å². The highest BCUT2D eigenvalue weighted by Gasteiger charge is 2.20. The lowest BCUT2D eigenvalue weighted by molar-refractivity contribution is 0.165. The van der Waals surface area contributed by atoms with Crippen LogP contribution in [0.15, 0.2) is 12.4 Å². The van der Waals surface area contributed by atoms with Crippen LogP contribution in [0.25, 0.3) is 0 Å². The molecule has 0 N–H and O–H groups in total. The quantitative estimate of drug-likeness (QED) is 0.209. The second kappa shape index (κ2) is 17.4. The molecule has 0 spiro atoms. The molecule has 1 atom stereocenters. The van der Waals surface area contributed by atoms with E-state index in [9.17, 15) is 0 Å². The first kappa shape index (κ1) is 24.4. The van der Waals surface area contributed by atoms with E-state index in [1.54, 1.807) is 0 Å². The van der Waals surface area contributed by atoms with Gasteiger partial charge in [0.2, 0.25) is 0 Å². The van der Waals surface area contributed by atoms with Crippen molar-refractivity contribution in [3.63, 3.8) is 0 Å². The fourth-order valence-electron chi connectivity index (χ4n) is 4.17. The van der Waals surface area contributed by atoms with Gasteiger partial charge >= 0.3 is 0 Å². The summed E-state index contributed by atoms with van der Waals surface area (Å²) in [6.07, 6.45) is 29.4. The molecule has 1 unspecified atom stereocenters. The van der Waals surface area contributed by atoms with Gasteiger partial charge in [0.05, 0.1) is 6.17 Å². The van der Waals surface area contributed by atoms with Crippen LogP contribution in [0.2, 0.25) is 0 Å². The van der Waals surface area contributed by atoms with E-state index in [0.717, 1.165) is 0 Å². The average molecular weight is 379 g/mol. The highest BCUT2D eigenvalue weighted by atomic mass is 15.4. The molecule has 27 heavy (non-hydrogen) atoms. The predicted octanol–water partition coefficient (Wildman–Crippen LogP) is 8.09. The Bertz CT molecular complexity index is 339. The topological polar surface area (TPSA) is 6.48 Å². The van der Waals surface area contributed by atoms with Crippen LogP contribution in [0.3, 0.4) is 0 Å². The lowest BCUT2D eigenvalue weighted by Gasteiger charge is -2.29. The fraction of sp³-hybridized carbons (Fsp3) is 0.920. The van der Waals surface area contributed by atoms with Crippen molar-refractivity contribution in [3.05, 3.63) is 12.4 Å². The van der Waals surface area contributed by atoms with E-state index in [1.165, 1.54) is 122 Å². The minimum atomic E-state index is 0.573. The Hall–Kier alpha value is -0.660. The average Bonchev–Trinajstić information content (AvgIpc) is 3.02. The molecule has 0 radical (unpaired) electrons. The molecule has 0 saturated heterocycles. The normalized spacial score (nSPS) is 16.6. The van der Waals surface area contributed by atoms with Crippen molar-refractivity contribution in [2.24, 2.45) is 0 Å². The maximum absolute atomic E-state index is 2.53. The van der Waals surface area contributed by atoms with Gasteiger partial charge in [0.25, 0.3) is 0 Å². The molecule has 1 rings (SSSR count). The van der Waals surface area contributed by atoms with E-state index in [0.29, 0.717) is 6.17 Å². The zero-order valence-electron chi connectivity index (χ0n) is 19.1. The van der Waals surface area contributed by atoms with Crippen LogP contribution >= 0.6 is 0 Å². The van der Waals surface area contributed by atoms with Crippen molar-refractivity contribution in [1.29, 1.82) is 0 Å². The molecule has 1 aliphatic rings. The highest BCUT2D eigenvalue weighted by Crippen LogP contribution is 2.18. The molecule has 2 heteroatoms. The van der Waals surface area contributed by atoms with Gasteiger partial charge in [-0.15, -0.1) is 0 Å². The fourth-order valence-corrected chi connectivity index (χ4v) is 4.17. The van der Waals surface area contributed by atoms with Crippen LogP contribution in [-0.4, -0.2) is 29.1 Å². The molecule has 0 saturated carbocycles. The number of unbranched alkanes of at least 4 members (excludes halogenated alkanes) is 15. The summed E-state index contributed by atoms with van der Waals surface area (Å²) in [7, 11) is 0. The van der Waals surface area contributed by atoms with Gasteiger partial charge in [-0.25, -0.2) is 0 Å². The molecule has 160 valence electrons. The lowest BCUT2D eigenvalue weighted by atomic mass is 10.0. The van der Waals surface area contributed by atoms with Crippen molar-refractivity contribution in [3.8, 4) is 0 Å². The lowest BCUT2D eigenvalue weighted by Crippen LogP contribution is -2.36. The van der Waals surface area contributed by atoms with Gasteiger partial charge in [0.15, 0.2) is 0 Å². The van der Waals surface area contributed by atoms with E-state index in [4.69, 9.17) is 0 Å². The maximum Gasteiger partial charge on any atom is 0.0977 e. The molecule has 0 bridgehead atoms. The Kier molecular flexibility index (Phi) is 15.7. The van der Waals surface area contributed by atoms with E-state index in [-0.39, 0.29) is 0 Å². The zero-order chi connectivity index (χ0) is 19.6. The summed E-state index contributed by atoms with van der Waals surface area (Å²) in [5.74, 6) is 0. The second-order valence-corrected chi connectivity index (χ2v) is 8.71. The van der Waals surface area contributed by atoms with E-state index in [2.05, 4.69) is 43.0 Å². The molecular weight excluding hydrogens is 328 g/mol. The monoisotopic (exact) mass is 378 g/mol. The van der Waals surface area contributed by atoms with Crippen LogP contribution in [0.5, 0.6) is 0 Å². The Balaban J connectivity index is 1.83. The predicted molar refractivity (Wildman–Crippen MR) is 122 cm³/mol. The summed E-state index contributed by atoms with van der Waals surface area (Å²) in [6, 6.07) is 0. The molecule has 0 aromatic heterocycles. The summed E-state index contributed by atoms with van der Waals surface area (Å²) in [5.41, 5.74) is 0. The first-order valence-corrected chi connectivity index (χ1v) is 12.5. The van der Waals surface area contributed by atoms with Gasteiger partial charge in [0.1, 0.15) is 0 Å². The number of nitrogens with zero attached hydrogens (tertiary/aromatic N) is 2. The summed E-state index contributed by atoms with van der Waals surface area (Å²) in [6.45, 7) is 9.40. The molecule has 0 aromatic rings. The summed E-state index contributed by atoms with van der Waals surface area (Å²) in [4.78, 5) is 5.05. The number of rotatable bonds is 19. The van der Waals surface area contributed by atoms with E-state index in [1.807, 2.05) is 0 Å². The van der Waals surface area contributed by atoms with Gasteiger partial charge in [0, 0.05) is 25.5 Å². The van der Waals surface area contributed by atoms with Crippen LogP contribution < -0.4 is 0 Å². The first-order valence-electron chi connectivity index (χ1n) is 12.5. The number of hydrogen-bond donors (Lipinski definition) is 0. The van der Waals surface area contributed by atoms with Crippen molar-refractivity contribution in [2.75, 3.05) is 13.1 Å². The highest BCUT2D eigenvalue weighted by molar-refractivity contribution is 4.95. The summed E-state index contributed by atoms with van der Waals surface area (Å²) < 4.78 is 0. The maximum atomic E-state index is 2.53. The van der Waals surface area contributed by atoms with Gasteiger partial charge in [-0.2, -0.15) is 0 Å². The van der Waals surface area contributed by atoms with E-state index < -0.39 is 0 Å². The van der Waals surface area contributed by atoms with Gasteiger partial charge in [-0.05, 0) is 19.8 Å². The molecule has 0 aromatic carbocycles. The zero-order valence-corrected chi connectivity index (χ0v) is 19.1. The largest absolute Gasteiger partial charge is 0.356 e. The Morgan fingerprint density at radius 1 is 0.481 bits per heavy atom. The third-order valence-corrected chi connectivity index (χ3v) is 6.20. The smallest absolute Gasteiger partial charge is 0.0977 e.